The molecule has 0 amide bonds. The van der Waals surface area contributed by atoms with Crippen molar-refractivity contribution >= 4 is 29.6 Å². The van der Waals surface area contributed by atoms with Crippen LogP contribution in [-0.2, 0) is 0 Å². The van der Waals surface area contributed by atoms with Gasteiger partial charge in [0.05, 0.1) is 5.69 Å². The summed E-state index contributed by atoms with van der Waals surface area (Å²) in [5, 5.41) is 8.57. The Morgan fingerprint density at radius 1 is 1.20 bits per heavy atom. The van der Waals surface area contributed by atoms with E-state index in [-0.39, 0.29) is 0 Å². The summed E-state index contributed by atoms with van der Waals surface area (Å²) < 4.78 is 17.3. The van der Waals surface area contributed by atoms with Crippen molar-refractivity contribution in [3.63, 3.8) is 0 Å². The molecule has 7 heteroatoms. The van der Waals surface area contributed by atoms with Crippen LogP contribution in [0, 0.1) is 24.4 Å². The van der Waals surface area contributed by atoms with Crippen LogP contribution in [0.15, 0.2) is 24.3 Å². The molecule has 2 heterocycles. The minimum Gasteiger partial charge on any atom is -0.269 e. The van der Waals surface area contributed by atoms with Gasteiger partial charge in [-0.25, -0.2) is 4.40 Å². The van der Waals surface area contributed by atoms with Gasteiger partial charge in [-0.3, -0.25) is 4.57 Å². The van der Waals surface area contributed by atoms with Crippen molar-refractivity contribution in [2.24, 2.45) is 0 Å². The molecule has 20 heavy (non-hydrogen) atoms. The molecule has 0 saturated carbocycles. The molecule has 2 aromatic heterocycles. The number of benzene rings is 1. The molecule has 0 fully saturated rings. The molecule has 0 spiro atoms. The number of fused-ring (bicyclic) bond motifs is 1. The van der Waals surface area contributed by atoms with Gasteiger partial charge < -0.3 is 0 Å². The maximum absolute atomic E-state index is 14.0. The van der Waals surface area contributed by atoms with E-state index in [2.05, 4.69) is 10.2 Å². The Labute approximate surface area is 124 Å². The molecule has 0 unspecified atom stereocenters. The Kier molecular flexibility index (Phi) is 3.07. The molecule has 0 atom stereocenters. The number of hydrogen-bond donors (Lipinski definition) is 0. The van der Waals surface area contributed by atoms with E-state index in [1.54, 1.807) is 17.6 Å². The Morgan fingerprint density at radius 2 is 1.95 bits per heavy atom. The molecule has 0 N–H and O–H groups in total. The number of aromatic nitrogens is 4. The molecule has 0 aliphatic heterocycles. The molecule has 0 saturated heterocycles. The average molecular weight is 309 g/mol. The Bertz CT molecular complexity index is 884. The fourth-order valence-electron chi connectivity index (χ4n) is 2.09. The van der Waals surface area contributed by atoms with E-state index in [9.17, 15) is 4.39 Å². The zero-order valence-corrected chi connectivity index (χ0v) is 12.3. The van der Waals surface area contributed by atoms with E-state index in [0.29, 0.717) is 21.3 Å². The Morgan fingerprint density at radius 3 is 2.65 bits per heavy atom. The summed E-state index contributed by atoms with van der Waals surface area (Å²) in [4.78, 5) is 0. The van der Waals surface area contributed by atoms with Crippen LogP contribution in [0.5, 0.6) is 0 Å². The number of hydrogen-bond acceptors (Lipinski definition) is 3. The van der Waals surface area contributed by atoms with Crippen molar-refractivity contribution in [2.75, 3.05) is 0 Å². The van der Waals surface area contributed by atoms with Gasteiger partial charge in [0, 0.05) is 11.1 Å². The van der Waals surface area contributed by atoms with Gasteiger partial charge in [-0.15, -0.1) is 10.2 Å². The Hall–Kier alpha value is -1.79. The van der Waals surface area contributed by atoms with Gasteiger partial charge in [-0.05, 0) is 37.6 Å². The average Bonchev–Trinajstić information content (AvgIpc) is 2.76. The van der Waals surface area contributed by atoms with Gasteiger partial charge in [0.25, 0.3) is 0 Å². The summed E-state index contributed by atoms with van der Waals surface area (Å²) in [5.41, 5.74) is 1.68. The zero-order valence-electron chi connectivity index (χ0n) is 10.8. The van der Waals surface area contributed by atoms with Crippen LogP contribution in [0.1, 0.15) is 11.4 Å². The minimum atomic E-state index is -0.477. The highest BCUT2D eigenvalue weighted by molar-refractivity contribution is 7.71. The van der Waals surface area contributed by atoms with Crippen molar-refractivity contribution in [1.29, 1.82) is 0 Å². The van der Waals surface area contributed by atoms with Gasteiger partial charge in [0.1, 0.15) is 10.5 Å². The summed E-state index contributed by atoms with van der Waals surface area (Å²) in [6, 6.07) is 6.74. The SMILES string of the molecule is Cc1cc(-n2c(=S)cc(F)n3c(C)nnc23)ccc1Cl. The van der Waals surface area contributed by atoms with Gasteiger partial charge in [0.2, 0.25) is 11.7 Å². The molecule has 3 rings (SSSR count). The fraction of sp³-hybridized carbons (Fsp3) is 0.154. The van der Waals surface area contributed by atoms with E-state index in [1.807, 2.05) is 19.1 Å². The van der Waals surface area contributed by atoms with Crippen LogP contribution in [0.3, 0.4) is 0 Å². The third-order valence-corrected chi connectivity index (χ3v) is 3.81. The van der Waals surface area contributed by atoms with Gasteiger partial charge >= 0.3 is 0 Å². The molecule has 0 aliphatic rings. The summed E-state index contributed by atoms with van der Waals surface area (Å²) >= 11 is 11.3. The van der Waals surface area contributed by atoms with Crippen molar-refractivity contribution in [2.45, 2.75) is 13.8 Å². The first-order valence-corrected chi connectivity index (χ1v) is 6.67. The largest absolute Gasteiger partial charge is 0.269 e. The predicted octanol–water partition coefficient (Wildman–Crippen LogP) is 3.66. The third kappa shape index (κ3) is 1.92. The first kappa shape index (κ1) is 13.2. The number of halogens is 2. The highest BCUT2D eigenvalue weighted by atomic mass is 35.5. The van der Waals surface area contributed by atoms with E-state index >= 15 is 0 Å². The minimum absolute atomic E-state index is 0.323. The van der Waals surface area contributed by atoms with Crippen molar-refractivity contribution in [3.05, 3.63) is 51.3 Å². The van der Waals surface area contributed by atoms with Crippen LogP contribution in [0.4, 0.5) is 4.39 Å². The van der Waals surface area contributed by atoms with Crippen molar-refractivity contribution in [3.8, 4) is 5.69 Å². The van der Waals surface area contributed by atoms with Crippen molar-refractivity contribution < 1.29 is 4.39 Å². The lowest BCUT2D eigenvalue weighted by molar-refractivity contribution is 0.554. The highest BCUT2D eigenvalue weighted by Gasteiger charge is 2.13. The molecule has 3 aromatic rings. The number of rotatable bonds is 1. The highest BCUT2D eigenvalue weighted by Crippen LogP contribution is 2.21. The standard InChI is InChI=1S/C13H10ClFN4S/c1-7-5-9(3-4-10(7)14)19-12(20)6-11(15)18-8(2)16-17-13(18)19/h3-6H,1-2H3. The van der Waals surface area contributed by atoms with Crippen LogP contribution >= 0.6 is 23.8 Å². The van der Waals surface area contributed by atoms with E-state index in [0.717, 1.165) is 11.3 Å². The normalized spacial score (nSPS) is 11.2. The predicted molar refractivity (Wildman–Crippen MR) is 77.6 cm³/mol. The van der Waals surface area contributed by atoms with Crippen LogP contribution in [-0.4, -0.2) is 19.2 Å². The van der Waals surface area contributed by atoms with Crippen LogP contribution in [0.25, 0.3) is 11.5 Å². The molecule has 0 bridgehead atoms. The third-order valence-electron chi connectivity index (χ3n) is 3.08. The lowest BCUT2D eigenvalue weighted by atomic mass is 10.2. The van der Waals surface area contributed by atoms with Crippen molar-refractivity contribution in [1.82, 2.24) is 19.2 Å². The maximum atomic E-state index is 14.0. The molecule has 0 aliphatic carbocycles. The smallest absolute Gasteiger partial charge is 0.243 e. The summed E-state index contributed by atoms with van der Waals surface area (Å²) in [6.07, 6.45) is 0. The molecule has 0 radical (unpaired) electrons. The molecule has 4 nitrogen and oxygen atoms in total. The second-order valence-corrected chi connectivity index (χ2v) is 5.28. The van der Waals surface area contributed by atoms with Gasteiger partial charge in [-0.2, -0.15) is 4.39 Å². The van der Waals surface area contributed by atoms with Crippen LogP contribution < -0.4 is 0 Å². The molecule has 102 valence electrons. The lowest BCUT2D eigenvalue weighted by Crippen LogP contribution is -2.07. The second kappa shape index (κ2) is 4.64. The van der Waals surface area contributed by atoms with E-state index < -0.39 is 5.95 Å². The first-order chi connectivity index (χ1) is 9.49. The second-order valence-electron chi connectivity index (χ2n) is 4.46. The van der Waals surface area contributed by atoms with Gasteiger partial charge in [0.15, 0.2) is 0 Å². The fourth-order valence-corrected chi connectivity index (χ4v) is 2.49. The summed E-state index contributed by atoms with van der Waals surface area (Å²) in [7, 11) is 0. The quantitative estimate of drug-likeness (QED) is 0.508. The molecule has 1 aromatic carbocycles. The number of aryl methyl sites for hydroxylation is 2. The summed E-state index contributed by atoms with van der Waals surface area (Å²) in [6.45, 7) is 3.58. The zero-order chi connectivity index (χ0) is 14.4. The maximum Gasteiger partial charge on any atom is 0.243 e. The number of nitrogens with zero attached hydrogens (tertiary/aromatic N) is 4. The van der Waals surface area contributed by atoms with Gasteiger partial charge in [-0.1, -0.05) is 23.8 Å². The van der Waals surface area contributed by atoms with E-state index in [1.165, 1.54) is 10.5 Å². The molecular weight excluding hydrogens is 299 g/mol. The van der Waals surface area contributed by atoms with Crippen LogP contribution in [0.2, 0.25) is 5.02 Å². The van der Waals surface area contributed by atoms with E-state index in [4.69, 9.17) is 23.8 Å². The monoisotopic (exact) mass is 308 g/mol. The first-order valence-electron chi connectivity index (χ1n) is 5.89. The summed E-state index contributed by atoms with van der Waals surface area (Å²) in [5.74, 6) is 0.329. The topological polar surface area (TPSA) is 35.1 Å². The lowest BCUT2D eigenvalue weighted by Gasteiger charge is -2.10. The molecular formula is C13H10ClFN4S. The Balaban J connectivity index is 2.41.